The quantitative estimate of drug-likeness (QED) is 0.349. The molecule has 78 valence electrons. The van der Waals surface area contributed by atoms with Gasteiger partial charge in [0.05, 0.1) is 12.2 Å². The third kappa shape index (κ3) is 2.02. The molecule has 0 bridgehead atoms. The van der Waals surface area contributed by atoms with Crippen LogP contribution < -0.4 is 11.2 Å². The highest BCUT2D eigenvalue weighted by atomic mass is 16.5. The molecule has 0 aliphatic carbocycles. The van der Waals surface area contributed by atoms with Crippen molar-refractivity contribution in [3.8, 4) is 0 Å². The van der Waals surface area contributed by atoms with Crippen molar-refractivity contribution < 1.29 is 5.21 Å². The molecule has 0 saturated carbocycles. The standard InChI is InChI=1S/C8H15N5O/c1-5-7(4-10-8(9)12-14)6(2)13(3)11-5/h14H,4H2,1-3H3,(H3,9,10,12). The molecule has 1 aromatic heterocycles. The summed E-state index contributed by atoms with van der Waals surface area (Å²) in [5.41, 5.74) is 10.1. The van der Waals surface area contributed by atoms with Gasteiger partial charge in [0.25, 0.3) is 0 Å². The highest BCUT2D eigenvalue weighted by molar-refractivity contribution is 5.76. The van der Waals surface area contributed by atoms with Crippen LogP contribution in [0.3, 0.4) is 0 Å². The fraction of sp³-hybridized carbons (Fsp3) is 0.500. The summed E-state index contributed by atoms with van der Waals surface area (Å²) in [4.78, 5) is 3.93. The second kappa shape index (κ2) is 4.10. The van der Waals surface area contributed by atoms with E-state index in [0.29, 0.717) is 6.54 Å². The Labute approximate surface area is 82.4 Å². The van der Waals surface area contributed by atoms with Crippen molar-refractivity contribution in [3.63, 3.8) is 0 Å². The van der Waals surface area contributed by atoms with E-state index in [4.69, 9.17) is 10.9 Å². The van der Waals surface area contributed by atoms with Crippen LogP contribution >= 0.6 is 0 Å². The van der Waals surface area contributed by atoms with E-state index >= 15 is 0 Å². The molecule has 0 spiro atoms. The van der Waals surface area contributed by atoms with Crippen molar-refractivity contribution in [1.29, 1.82) is 0 Å². The molecule has 14 heavy (non-hydrogen) atoms. The largest absolute Gasteiger partial charge is 0.368 e. The Morgan fingerprint density at radius 3 is 2.71 bits per heavy atom. The molecule has 0 aliphatic rings. The molecule has 6 heteroatoms. The molecule has 0 aromatic carbocycles. The van der Waals surface area contributed by atoms with E-state index in [9.17, 15) is 0 Å². The lowest BCUT2D eigenvalue weighted by Crippen LogP contribution is -2.28. The topological polar surface area (TPSA) is 88.5 Å². The van der Waals surface area contributed by atoms with Gasteiger partial charge in [-0.25, -0.2) is 10.5 Å². The molecular formula is C8H15N5O. The lowest BCUT2D eigenvalue weighted by Gasteiger charge is -1.99. The highest BCUT2D eigenvalue weighted by Gasteiger charge is 2.07. The van der Waals surface area contributed by atoms with Gasteiger partial charge in [0.15, 0.2) is 0 Å². The molecule has 0 amide bonds. The molecule has 0 atom stereocenters. The Kier molecular flexibility index (Phi) is 3.08. The fourth-order valence-corrected chi connectivity index (χ4v) is 1.25. The first kappa shape index (κ1) is 10.5. The van der Waals surface area contributed by atoms with Gasteiger partial charge in [-0.05, 0) is 13.8 Å². The van der Waals surface area contributed by atoms with Crippen LogP contribution in [0.15, 0.2) is 4.99 Å². The third-order valence-electron chi connectivity index (χ3n) is 2.18. The maximum absolute atomic E-state index is 8.43. The Morgan fingerprint density at radius 2 is 2.29 bits per heavy atom. The number of nitrogens with zero attached hydrogens (tertiary/aromatic N) is 3. The number of aliphatic imine (C=N–C) groups is 1. The van der Waals surface area contributed by atoms with E-state index in [1.165, 1.54) is 0 Å². The van der Waals surface area contributed by atoms with E-state index < -0.39 is 0 Å². The second-order valence-electron chi connectivity index (χ2n) is 3.09. The van der Waals surface area contributed by atoms with Crippen LogP contribution in [0, 0.1) is 13.8 Å². The van der Waals surface area contributed by atoms with E-state index in [1.807, 2.05) is 20.9 Å². The predicted octanol–water partition coefficient (Wildman–Crippen LogP) is -0.170. The molecule has 0 aliphatic heterocycles. The van der Waals surface area contributed by atoms with Crippen molar-refractivity contribution in [3.05, 3.63) is 17.0 Å². The zero-order valence-electron chi connectivity index (χ0n) is 8.57. The average molecular weight is 197 g/mol. The van der Waals surface area contributed by atoms with Crippen LogP contribution in [0.25, 0.3) is 0 Å². The van der Waals surface area contributed by atoms with E-state index in [-0.39, 0.29) is 5.96 Å². The minimum Gasteiger partial charge on any atom is -0.368 e. The molecule has 0 fully saturated rings. The van der Waals surface area contributed by atoms with Gasteiger partial charge in [-0.2, -0.15) is 5.10 Å². The van der Waals surface area contributed by atoms with Crippen LogP contribution in [0.4, 0.5) is 0 Å². The fourth-order valence-electron chi connectivity index (χ4n) is 1.25. The van der Waals surface area contributed by atoms with Gasteiger partial charge in [0.1, 0.15) is 0 Å². The lowest BCUT2D eigenvalue weighted by atomic mass is 10.2. The average Bonchev–Trinajstić information content (AvgIpc) is 2.39. The van der Waals surface area contributed by atoms with E-state index in [2.05, 4.69) is 10.1 Å². The summed E-state index contributed by atoms with van der Waals surface area (Å²) in [5.74, 6) is 0.00709. The van der Waals surface area contributed by atoms with Crippen LogP contribution in [0.1, 0.15) is 17.0 Å². The molecule has 6 nitrogen and oxygen atoms in total. The van der Waals surface area contributed by atoms with Crippen molar-refractivity contribution in [2.24, 2.45) is 17.8 Å². The minimum atomic E-state index is 0.00709. The van der Waals surface area contributed by atoms with E-state index in [1.54, 1.807) is 10.2 Å². The molecule has 0 saturated heterocycles. The number of aryl methyl sites for hydroxylation is 2. The first-order valence-corrected chi connectivity index (χ1v) is 4.25. The maximum Gasteiger partial charge on any atom is 0.213 e. The number of nitrogens with one attached hydrogen (secondary N) is 1. The van der Waals surface area contributed by atoms with Crippen LogP contribution in [-0.4, -0.2) is 20.9 Å². The van der Waals surface area contributed by atoms with Gasteiger partial charge in [-0.3, -0.25) is 9.89 Å². The molecule has 4 N–H and O–H groups in total. The minimum absolute atomic E-state index is 0.00709. The molecule has 1 aromatic rings. The normalized spacial score (nSPS) is 11.9. The third-order valence-corrected chi connectivity index (χ3v) is 2.18. The lowest BCUT2D eigenvalue weighted by molar-refractivity contribution is 0.232. The summed E-state index contributed by atoms with van der Waals surface area (Å²) >= 11 is 0. The van der Waals surface area contributed by atoms with Gasteiger partial charge in [-0.1, -0.05) is 0 Å². The van der Waals surface area contributed by atoms with Crippen LogP contribution in [0.5, 0.6) is 0 Å². The van der Waals surface area contributed by atoms with Gasteiger partial charge >= 0.3 is 0 Å². The Hall–Kier alpha value is -1.56. The Bertz CT molecular complexity index is 355. The first-order chi connectivity index (χ1) is 6.56. The van der Waals surface area contributed by atoms with Crippen LogP contribution in [0.2, 0.25) is 0 Å². The smallest absolute Gasteiger partial charge is 0.213 e. The monoisotopic (exact) mass is 197 g/mol. The number of hydrogen-bond donors (Lipinski definition) is 3. The zero-order chi connectivity index (χ0) is 10.7. The van der Waals surface area contributed by atoms with Gasteiger partial charge in [0, 0.05) is 18.3 Å². The number of aromatic nitrogens is 2. The van der Waals surface area contributed by atoms with Crippen molar-refractivity contribution in [1.82, 2.24) is 15.3 Å². The predicted molar refractivity (Wildman–Crippen MR) is 52.9 cm³/mol. The van der Waals surface area contributed by atoms with Gasteiger partial charge < -0.3 is 5.73 Å². The number of rotatable bonds is 2. The van der Waals surface area contributed by atoms with Crippen molar-refractivity contribution in [2.75, 3.05) is 0 Å². The summed E-state index contributed by atoms with van der Waals surface area (Å²) in [7, 11) is 1.88. The highest BCUT2D eigenvalue weighted by Crippen LogP contribution is 2.12. The summed E-state index contributed by atoms with van der Waals surface area (Å²) in [6, 6.07) is 0. The van der Waals surface area contributed by atoms with Gasteiger partial charge in [0.2, 0.25) is 5.96 Å². The summed E-state index contributed by atoms with van der Waals surface area (Å²) in [6.07, 6.45) is 0. The van der Waals surface area contributed by atoms with Gasteiger partial charge in [-0.15, -0.1) is 0 Å². The summed E-state index contributed by atoms with van der Waals surface area (Å²) in [5, 5.41) is 12.7. The Morgan fingerprint density at radius 1 is 1.64 bits per heavy atom. The first-order valence-electron chi connectivity index (χ1n) is 4.25. The SMILES string of the molecule is Cc1nn(C)c(C)c1CN=C(N)NO. The van der Waals surface area contributed by atoms with Crippen LogP contribution in [-0.2, 0) is 13.6 Å². The molecular weight excluding hydrogens is 182 g/mol. The number of guanidine groups is 1. The number of hydrogen-bond acceptors (Lipinski definition) is 3. The summed E-state index contributed by atoms with van der Waals surface area (Å²) in [6.45, 7) is 4.30. The van der Waals surface area contributed by atoms with E-state index in [0.717, 1.165) is 17.0 Å². The van der Waals surface area contributed by atoms with Crippen molar-refractivity contribution >= 4 is 5.96 Å². The molecule has 1 heterocycles. The summed E-state index contributed by atoms with van der Waals surface area (Å²) < 4.78 is 1.79. The zero-order valence-corrected chi connectivity index (χ0v) is 8.57. The number of hydroxylamine groups is 1. The molecule has 0 radical (unpaired) electrons. The van der Waals surface area contributed by atoms with Crippen molar-refractivity contribution in [2.45, 2.75) is 20.4 Å². The number of nitrogens with two attached hydrogens (primary N) is 1. The maximum atomic E-state index is 8.43. The Balaban J connectivity index is 2.86. The molecule has 1 rings (SSSR count). The molecule has 0 unspecified atom stereocenters. The second-order valence-corrected chi connectivity index (χ2v) is 3.09.